The molecule has 9 nitrogen and oxygen atoms in total. The van der Waals surface area contributed by atoms with Gasteiger partial charge < -0.3 is 25.5 Å². The van der Waals surface area contributed by atoms with Crippen LogP contribution < -0.4 is 0 Å². The Balaban J connectivity index is 0.000000446. The highest BCUT2D eigenvalue weighted by Crippen LogP contribution is 2.67. The average Bonchev–Trinajstić information content (AvgIpc) is 2.98. The lowest BCUT2D eigenvalue weighted by Crippen LogP contribution is -2.61. The molecule has 4 aliphatic rings. The number of aliphatic carboxylic acids is 2. The quantitative estimate of drug-likeness (QED) is 0.395. The standard InChI is InChI=1S/C21H28O5.2C2H4O2/c1-19-7-5-13(23)9-12(19)3-4-14-15-6-8-21(26,17(25)11-22)20(15,2)10-16(24)18(14)19;2*1-2(3)4/h5,7,9,14-16,18,22,24,26H,3-4,6,8,10-11H2,1-2H3;2*1H3,(H,3,4)/t14-,15-,16-,18+,19-,20-,21-;;/m0../s1. The molecule has 190 valence electrons. The van der Waals surface area contributed by atoms with Crippen LogP contribution in [0.25, 0.3) is 0 Å². The molecule has 0 bridgehead atoms. The van der Waals surface area contributed by atoms with Crippen molar-refractivity contribution in [2.24, 2.45) is 28.6 Å². The summed E-state index contributed by atoms with van der Waals surface area (Å²) in [6, 6.07) is 0. The van der Waals surface area contributed by atoms with Crippen LogP contribution in [0.3, 0.4) is 0 Å². The second kappa shape index (κ2) is 10.1. The van der Waals surface area contributed by atoms with Crippen molar-refractivity contribution in [2.45, 2.75) is 71.5 Å². The first-order chi connectivity index (χ1) is 15.6. The zero-order chi connectivity index (χ0) is 26.1. The first-order valence-corrected chi connectivity index (χ1v) is 11.5. The van der Waals surface area contributed by atoms with E-state index in [9.17, 15) is 24.9 Å². The maximum absolute atomic E-state index is 12.4. The van der Waals surface area contributed by atoms with E-state index in [0.29, 0.717) is 12.8 Å². The molecule has 0 heterocycles. The van der Waals surface area contributed by atoms with Gasteiger partial charge in [0.2, 0.25) is 0 Å². The van der Waals surface area contributed by atoms with Gasteiger partial charge in [0.1, 0.15) is 12.2 Å². The summed E-state index contributed by atoms with van der Waals surface area (Å²) in [6.07, 6.45) is 7.68. The highest BCUT2D eigenvalue weighted by atomic mass is 16.4. The summed E-state index contributed by atoms with van der Waals surface area (Å²) in [4.78, 5) is 42.2. The molecule has 0 unspecified atom stereocenters. The van der Waals surface area contributed by atoms with Crippen LogP contribution in [-0.2, 0) is 19.2 Å². The van der Waals surface area contributed by atoms with Gasteiger partial charge in [0, 0.05) is 30.6 Å². The Kier molecular flexibility index (Phi) is 8.28. The van der Waals surface area contributed by atoms with Crippen molar-refractivity contribution in [3.8, 4) is 0 Å². The lowest BCUT2D eigenvalue weighted by Gasteiger charge is -2.59. The maximum atomic E-state index is 12.4. The van der Waals surface area contributed by atoms with E-state index < -0.39 is 41.4 Å². The number of carbonyl (C=O) groups is 4. The molecule has 3 fully saturated rings. The van der Waals surface area contributed by atoms with Gasteiger partial charge in [-0.15, -0.1) is 0 Å². The predicted octanol–water partition coefficient (Wildman–Crippen LogP) is 1.74. The van der Waals surface area contributed by atoms with Crippen LogP contribution in [0.1, 0.15) is 59.8 Å². The van der Waals surface area contributed by atoms with E-state index in [1.165, 1.54) is 0 Å². The zero-order valence-electron chi connectivity index (χ0n) is 20.2. The van der Waals surface area contributed by atoms with Crippen molar-refractivity contribution in [3.63, 3.8) is 0 Å². The minimum Gasteiger partial charge on any atom is -0.481 e. The number of hydrogen-bond acceptors (Lipinski definition) is 7. The monoisotopic (exact) mass is 480 g/mol. The fourth-order valence-electron chi connectivity index (χ4n) is 6.92. The smallest absolute Gasteiger partial charge is 0.300 e. The van der Waals surface area contributed by atoms with Gasteiger partial charge in [-0.05, 0) is 56.1 Å². The van der Waals surface area contributed by atoms with Crippen molar-refractivity contribution in [1.29, 1.82) is 0 Å². The van der Waals surface area contributed by atoms with Crippen molar-refractivity contribution in [1.82, 2.24) is 0 Å². The Morgan fingerprint density at radius 2 is 1.65 bits per heavy atom. The second-order valence-electron chi connectivity index (χ2n) is 10.2. The molecule has 0 aromatic heterocycles. The third-order valence-electron chi connectivity index (χ3n) is 8.25. The number of Topliss-reactive ketones (excluding diaryl/α,β-unsaturated/α-hetero) is 1. The van der Waals surface area contributed by atoms with Crippen molar-refractivity contribution in [2.75, 3.05) is 6.61 Å². The first kappa shape index (κ1) is 27.9. The maximum Gasteiger partial charge on any atom is 0.300 e. The summed E-state index contributed by atoms with van der Waals surface area (Å²) in [5.74, 6) is -1.89. The van der Waals surface area contributed by atoms with Gasteiger partial charge in [0.15, 0.2) is 11.6 Å². The second-order valence-corrected chi connectivity index (χ2v) is 10.2. The molecule has 3 saturated carbocycles. The highest BCUT2D eigenvalue weighted by Gasteiger charge is 2.67. The molecular weight excluding hydrogens is 444 g/mol. The van der Waals surface area contributed by atoms with Crippen LogP contribution in [0.2, 0.25) is 0 Å². The van der Waals surface area contributed by atoms with Gasteiger partial charge in [-0.2, -0.15) is 0 Å². The average molecular weight is 481 g/mol. The largest absolute Gasteiger partial charge is 0.481 e. The lowest BCUT2D eigenvalue weighted by molar-refractivity contribution is -0.178. The molecule has 4 aliphatic carbocycles. The van der Waals surface area contributed by atoms with Gasteiger partial charge in [0.25, 0.3) is 11.9 Å². The molecule has 9 heteroatoms. The van der Waals surface area contributed by atoms with Crippen molar-refractivity contribution >= 4 is 23.5 Å². The molecular formula is C25H36O9. The fraction of sp³-hybridized carbons (Fsp3) is 0.680. The molecule has 0 amide bonds. The summed E-state index contributed by atoms with van der Waals surface area (Å²) in [6.45, 7) is 5.51. The predicted molar refractivity (Wildman–Crippen MR) is 122 cm³/mol. The van der Waals surface area contributed by atoms with Crippen LogP contribution in [0.5, 0.6) is 0 Å². The first-order valence-electron chi connectivity index (χ1n) is 11.5. The van der Waals surface area contributed by atoms with Gasteiger partial charge >= 0.3 is 0 Å². The van der Waals surface area contributed by atoms with E-state index in [0.717, 1.165) is 38.7 Å². The van der Waals surface area contributed by atoms with Crippen LogP contribution in [-0.4, -0.2) is 67.3 Å². The van der Waals surface area contributed by atoms with Crippen LogP contribution in [0, 0.1) is 28.6 Å². The Morgan fingerprint density at radius 1 is 1.09 bits per heavy atom. The Morgan fingerprint density at radius 3 is 2.18 bits per heavy atom. The van der Waals surface area contributed by atoms with Gasteiger partial charge in [0.05, 0.1) is 6.10 Å². The van der Waals surface area contributed by atoms with E-state index in [4.69, 9.17) is 19.8 Å². The van der Waals surface area contributed by atoms with E-state index in [1.54, 1.807) is 12.2 Å². The Hall–Kier alpha value is -2.36. The minimum absolute atomic E-state index is 0.00912. The number of fused-ring (bicyclic) bond motifs is 5. The molecule has 0 aromatic rings. The molecule has 34 heavy (non-hydrogen) atoms. The summed E-state index contributed by atoms with van der Waals surface area (Å²) < 4.78 is 0. The number of allylic oxidation sites excluding steroid dienone is 4. The van der Waals surface area contributed by atoms with E-state index >= 15 is 0 Å². The summed E-state index contributed by atoms with van der Waals surface area (Å²) in [7, 11) is 0. The molecule has 0 spiro atoms. The molecule has 0 aromatic carbocycles. The number of carboxylic acids is 2. The molecule has 0 aliphatic heterocycles. The van der Waals surface area contributed by atoms with Crippen LogP contribution in [0.4, 0.5) is 0 Å². The zero-order valence-corrected chi connectivity index (χ0v) is 20.2. The van der Waals surface area contributed by atoms with Crippen LogP contribution in [0.15, 0.2) is 23.8 Å². The van der Waals surface area contributed by atoms with Crippen molar-refractivity contribution in [3.05, 3.63) is 23.8 Å². The van der Waals surface area contributed by atoms with Gasteiger partial charge in [-0.25, -0.2) is 0 Å². The lowest BCUT2D eigenvalue weighted by atomic mass is 9.46. The molecule has 0 saturated heterocycles. The van der Waals surface area contributed by atoms with Crippen molar-refractivity contribution < 1.29 is 44.7 Å². The summed E-state index contributed by atoms with van der Waals surface area (Å²) in [5.41, 5.74) is -1.54. The number of rotatable bonds is 2. The number of hydrogen-bond donors (Lipinski definition) is 5. The topological polar surface area (TPSA) is 169 Å². The summed E-state index contributed by atoms with van der Waals surface area (Å²) >= 11 is 0. The fourth-order valence-corrected chi connectivity index (χ4v) is 6.92. The molecule has 4 rings (SSSR count). The summed E-state index contributed by atoms with van der Waals surface area (Å²) in [5, 5.41) is 46.5. The van der Waals surface area contributed by atoms with Gasteiger partial charge in [-0.3, -0.25) is 19.2 Å². The molecule has 0 radical (unpaired) electrons. The number of carboxylic acid groups (broad SMARTS) is 2. The highest BCUT2D eigenvalue weighted by molar-refractivity contribution is 6.01. The van der Waals surface area contributed by atoms with E-state index in [-0.39, 0.29) is 29.0 Å². The number of ketones is 2. The SMILES string of the molecule is CC(=O)O.CC(=O)O.C[C@]12C=CC(=O)C=C1CC[C@@H]1[C@@H]2[C@@H](O)C[C@@]2(C)[C@H]1CC[C@]2(O)C(=O)CO. The Labute approximate surface area is 199 Å². The molecule has 5 N–H and O–H groups in total. The number of aliphatic hydroxyl groups is 3. The van der Waals surface area contributed by atoms with E-state index in [2.05, 4.69) is 6.92 Å². The Bertz CT molecular complexity index is 886. The number of carbonyl (C=O) groups excluding carboxylic acids is 2. The normalized spacial score (nSPS) is 39.6. The van der Waals surface area contributed by atoms with Gasteiger partial charge in [-0.1, -0.05) is 25.5 Å². The third-order valence-corrected chi connectivity index (χ3v) is 8.25. The van der Waals surface area contributed by atoms with E-state index in [1.807, 2.05) is 13.0 Å². The number of aliphatic hydroxyl groups excluding tert-OH is 2. The third kappa shape index (κ3) is 4.87. The molecule has 7 atom stereocenters. The minimum atomic E-state index is -1.56. The van der Waals surface area contributed by atoms with Crippen LogP contribution >= 0.6 is 0 Å².